The summed E-state index contributed by atoms with van der Waals surface area (Å²) in [5, 5.41) is 39.3. The number of amides is 1. The van der Waals surface area contributed by atoms with Gasteiger partial charge in [-0.3, -0.25) is 14.4 Å². The van der Waals surface area contributed by atoms with E-state index in [1.165, 1.54) is 19.1 Å². The monoisotopic (exact) mass is 807 g/mol. The Bertz CT molecular complexity index is 1950. The van der Waals surface area contributed by atoms with Crippen LogP contribution in [0.25, 0.3) is 0 Å². The molecule has 1 saturated heterocycles. The molecule has 6 rings (SSSR count). The Kier molecular flexibility index (Phi) is 11.2. The molecule has 12 atom stereocenters. The van der Waals surface area contributed by atoms with Gasteiger partial charge in [-0.1, -0.05) is 69.3 Å². The first kappa shape index (κ1) is 42.9. The standard InChI is InChI=1S/C43H53NO14/c1-22-26(55-37(51)32(48)30(24-15-11-9-12-16-24)44-38(52)58-39(3,4)5)20-43(53)35(56-36(50)25-17-13-10-14-18-25)33-41(8,34(49)31(47)29(22)40(43,6)7)27(46)19-28-42(33,21-54-28)57-23(2)45/h9-18,22,26-30,32-33,35,46,48,53H,19-21H2,1-8H3,(H,44,52)/t22?,26-,27-,28+,29?,30?,32-,33?,35-,41+,42-,43+/m0/s1. The van der Waals surface area contributed by atoms with E-state index in [1.807, 2.05) is 0 Å². The fourth-order valence-corrected chi connectivity index (χ4v) is 9.87. The Balaban J connectivity index is 1.46. The van der Waals surface area contributed by atoms with Gasteiger partial charge in [0.15, 0.2) is 11.7 Å². The van der Waals surface area contributed by atoms with Crippen molar-refractivity contribution >= 4 is 35.6 Å². The topological polar surface area (TPSA) is 221 Å². The molecule has 15 nitrogen and oxygen atoms in total. The van der Waals surface area contributed by atoms with Gasteiger partial charge in [0.05, 0.1) is 35.6 Å². The minimum atomic E-state index is -2.36. The van der Waals surface area contributed by atoms with Crippen LogP contribution in [0.4, 0.5) is 4.79 Å². The highest BCUT2D eigenvalue weighted by Gasteiger charge is 2.79. The number of benzene rings is 2. The maximum atomic E-state index is 14.9. The van der Waals surface area contributed by atoms with E-state index < -0.39 is 124 Å². The number of alkyl carbamates (subject to hydrolysis) is 1. The Labute approximate surface area is 336 Å². The van der Waals surface area contributed by atoms with Crippen molar-refractivity contribution in [2.24, 2.45) is 28.6 Å². The molecule has 3 saturated carbocycles. The molecule has 1 amide bonds. The number of aliphatic hydroxyl groups is 3. The lowest BCUT2D eigenvalue weighted by molar-refractivity contribution is -0.350. The highest BCUT2D eigenvalue weighted by Crippen LogP contribution is 2.64. The molecular weight excluding hydrogens is 754 g/mol. The number of Topliss-reactive ketones (excluding diaryl/α,β-unsaturated/α-hetero) is 2. The molecular formula is C43H53NO14. The summed E-state index contributed by atoms with van der Waals surface area (Å²) in [7, 11) is 0. The predicted molar refractivity (Wildman–Crippen MR) is 203 cm³/mol. The fraction of sp³-hybridized carbons (Fsp3) is 0.581. The van der Waals surface area contributed by atoms with Gasteiger partial charge < -0.3 is 44.3 Å². The van der Waals surface area contributed by atoms with Crippen molar-refractivity contribution in [2.75, 3.05) is 6.61 Å². The zero-order valence-electron chi connectivity index (χ0n) is 33.9. The molecule has 0 aromatic heterocycles. The van der Waals surface area contributed by atoms with Gasteiger partial charge >= 0.3 is 24.0 Å². The van der Waals surface area contributed by atoms with Crippen LogP contribution in [0, 0.1) is 28.6 Å². The summed E-state index contributed by atoms with van der Waals surface area (Å²) in [4.78, 5) is 83.6. The van der Waals surface area contributed by atoms with Gasteiger partial charge in [0.1, 0.15) is 29.5 Å². The first-order valence-electron chi connectivity index (χ1n) is 19.5. The van der Waals surface area contributed by atoms with E-state index >= 15 is 0 Å². The number of rotatable bonds is 8. The second-order valence-corrected chi connectivity index (χ2v) is 17.9. The van der Waals surface area contributed by atoms with Crippen LogP contribution in [0.3, 0.4) is 0 Å². The molecule has 2 aromatic rings. The maximum Gasteiger partial charge on any atom is 0.408 e. The molecule has 1 aliphatic heterocycles. The average Bonchev–Trinajstić information content (AvgIpc) is 3.14. The van der Waals surface area contributed by atoms with Gasteiger partial charge in [-0.25, -0.2) is 14.4 Å². The van der Waals surface area contributed by atoms with Gasteiger partial charge in [-0.15, -0.1) is 0 Å². The molecule has 314 valence electrons. The van der Waals surface area contributed by atoms with Gasteiger partial charge in [0.25, 0.3) is 0 Å². The number of hydrogen-bond donors (Lipinski definition) is 4. The molecule has 15 heteroatoms. The van der Waals surface area contributed by atoms with Crippen LogP contribution in [0.15, 0.2) is 60.7 Å². The SMILES string of the molecule is CC(=O)O[C@@]12CO[C@@H]1C[C@H](O)[C@@]1(C)C(=O)C(=O)C3C(C)[C@@H](OC(=O)[C@@H](O)C(NC(=O)OC(C)(C)C)c4ccccc4)C[C@@](O)([C@@H](OC(=O)c4ccccc4)C12)C3(C)C. The number of carbonyl (C=O) groups excluding carboxylic acids is 6. The molecule has 4 unspecified atom stereocenters. The summed E-state index contributed by atoms with van der Waals surface area (Å²) >= 11 is 0. The Morgan fingerprint density at radius 3 is 2.10 bits per heavy atom. The minimum Gasteiger partial charge on any atom is -0.460 e. The molecule has 58 heavy (non-hydrogen) atoms. The lowest BCUT2D eigenvalue weighted by atomic mass is 9.42. The van der Waals surface area contributed by atoms with Crippen LogP contribution in [0.2, 0.25) is 0 Å². The van der Waals surface area contributed by atoms with Crippen LogP contribution in [0.5, 0.6) is 0 Å². The summed E-state index contributed by atoms with van der Waals surface area (Å²) in [6.45, 7) is 11.8. The number of ketones is 2. The largest absolute Gasteiger partial charge is 0.460 e. The number of hydrogen-bond acceptors (Lipinski definition) is 14. The van der Waals surface area contributed by atoms with Crippen molar-refractivity contribution in [1.82, 2.24) is 5.32 Å². The van der Waals surface area contributed by atoms with Crippen molar-refractivity contribution < 1.29 is 67.8 Å². The Morgan fingerprint density at radius 2 is 1.55 bits per heavy atom. The number of ether oxygens (including phenoxy) is 5. The van der Waals surface area contributed by atoms with Crippen LogP contribution in [0.1, 0.15) is 90.2 Å². The summed E-state index contributed by atoms with van der Waals surface area (Å²) < 4.78 is 29.5. The number of fused-ring (bicyclic) bond motifs is 5. The number of carbonyl (C=O) groups is 6. The van der Waals surface area contributed by atoms with Crippen LogP contribution < -0.4 is 5.32 Å². The van der Waals surface area contributed by atoms with Crippen molar-refractivity contribution in [3.05, 3.63) is 71.8 Å². The number of aliphatic hydroxyl groups excluding tert-OH is 2. The molecule has 4 fully saturated rings. The van der Waals surface area contributed by atoms with Crippen molar-refractivity contribution in [3.8, 4) is 0 Å². The second-order valence-electron chi connectivity index (χ2n) is 17.9. The van der Waals surface area contributed by atoms with Gasteiger partial charge in [-0.2, -0.15) is 0 Å². The zero-order valence-corrected chi connectivity index (χ0v) is 33.9. The third-order valence-corrected chi connectivity index (χ3v) is 12.9. The second kappa shape index (κ2) is 15.2. The summed E-state index contributed by atoms with van der Waals surface area (Å²) in [6, 6.07) is 14.6. The Morgan fingerprint density at radius 1 is 0.948 bits per heavy atom. The minimum absolute atomic E-state index is 0.0747. The molecule has 2 aromatic carbocycles. The Hall–Kier alpha value is -4.70. The molecule has 4 aliphatic rings. The molecule has 1 heterocycles. The lowest BCUT2D eigenvalue weighted by Crippen LogP contribution is -2.82. The van der Waals surface area contributed by atoms with Crippen molar-refractivity contribution in [1.29, 1.82) is 0 Å². The number of nitrogens with one attached hydrogen (secondary N) is 1. The van der Waals surface area contributed by atoms with E-state index in [0.29, 0.717) is 5.56 Å². The van der Waals surface area contributed by atoms with E-state index in [1.54, 1.807) is 90.1 Å². The van der Waals surface area contributed by atoms with E-state index in [-0.39, 0.29) is 18.6 Å². The molecule has 3 aliphatic carbocycles. The zero-order chi connectivity index (χ0) is 42.7. The van der Waals surface area contributed by atoms with E-state index in [0.717, 1.165) is 6.92 Å². The van der Waals surface area contributed by atoms with Gasteiger partial charge in [0, 0.05) is 37.0 Å². The third-order valence-electron chi connectivity index (χ3n) is 12.9. The molecule has 0 radical (unpaired) electrons. The van der Waals surface area contributed by atoms with Crippen LogP contribution >= 0.6 is 0 Å². The number of esters is 3. The molecule has 4 N–H and O–H groups in total. The lowest BCUT2D eigenvalue weighted by Gasteiger charge is -2.67. The normalized spacial score (nSPS) is 34.9. The maximum absolute atomic E-state index is 14.9. The summed E-state index contributed by atoms with van der Waals surface area (Å²) in [5.41, 5.74) is -8.31. The molecule has 2 bridgehead atoms. The van der Waals surface area contributed by atoms with Gasteiger partial charge in [0.2, 0.25) is 11.6 Å². The van der Waals surface area contributed by atoms with E-state index in [4.69, 9.17) is 23.7 Å². The highest BCUT2D eigenvalue weighted by molar-refractivity contribution is 6.40. The first-order chi connectivity index (χ1) is 27.0. The predicted octanol–water partition coefficient (Wildman–Crippen LogP) is 3.40. The van der Waals surface area contributed by atoms with Crippen LogP contribution in [-0.2, 0) is 42.9 Å². The quantitative estimate of drug-likeness (QED) is 0.171. The summed E-state index contributed by atoms with van der Waals surface area (Å²) in [6.07, 6.45) is -9.48. The van der Waals surface area contributed by atoms with Gasteiger partial charge in [-0.05, 0) is 45.4 Å². The third kappa shape index (κ3) is 7.09. The van der Waals surface area contributed by atoms with E-state index in [9.17, 15) is 44.1 Å². The van der Waals surface area contributed by atoms with Crippen molar-refractivity contribution in [2.45, 2.75) is 122 Å². The fourth-order valence-electron chi connectivity index (χ4n) is 9.87. The van der Waals surface area contributed by atoms with Crippen LogP contribution in [-0.4, -0.2) is 105 Å². The molecule has 0 spiro atoms. The highest BCUT2D eigenvalue weighted by atomic mass is 16.6. The van der Waals surface area contributed by atoms with Crippen molar-refractivity contribution in [3.63, 3.8) is 0 Å². The average molecular weight is 808 g/mol. The smallest absolute Gasteiger partial charge is 0.408 e. The van der Waals surface area contributed by atoms with E-state index in [2.05, 4.69) is 5.32 Å². The summed E-state index contributed by atoms with van der Waals surface area (Å²) in [5.74, 6) is -8.93. The first-order valence-corrected chi connectivity index (χ1v) is 19.5.